The number of fused-ring (bicyclic) bond motifs is 1. The molecule has 8 nitrogen and oxygen atoms in total. The molecule has 106 valence electrons. The van der Waals surface area contributed by atoms with Crippen LogP contribution in [0.4, 0.5) is 5.69 Å². The Morgan fingerprint density at radius 3 is 2.80 bits per heavy atom. The summed E-state index contributed by atoms with van der Waals surface area (Å²) in [7, 11) is 1.47. The molecular weight excluding hydrogens is 266 g/mol. The highest BCUT2D eigenvalue weighted by molar-refractivity contribution is 6.52. The van der Waals surface area contributed by atoms with Crippen LogP contribution < -0.4 is 21.1 Å². The number of ketones is 1. The van der Waals surface area contributed by atoms with Gasteiger partial charge in [-0.05, 0) is 18.2 Å². The van der Waals surface area contributed by atoms with Crippen molar-refractivity contribution in [1.82, 2.24) is 5.59 Å². The van der Waals surface area contributed by atoms with E-state index in [9.17, 15) is 14.4 Å². The molecule has 0 atom stereocenters. The van der Waals surface area contributed by atoms with Crippen molar-refractivity contribution >= 4 is 23.3 Å². The number of anilines is 1. The van der Waals surface area contributed by atoms with Crippen molar-refractivity contribution in [2.45, 2.75) is 6.42 Å². The van der Waals surface area contributed by atoms with Crippen molar-refractivity contribution in [3.05, 3.63) is 23.8 Å². The first-order chi connectivity index (χ1) is 9.58. The summed E-state index contributed by atoms with van der Waals surface area (Å²) in [5.41, 5.74) is 2.48. The van der Waals surface area contributed by atoms with Crippen LogP contribution in [0.15, 0.2) is 18.2 Å². The molecular formula is C12H13N3O5. The van der Waals surface area contributed by atoms with Crippen LogP contribution in [0.5, 0.6) is 5.75 Å². The predicted molar refractivity (Wildman–Crippen MR) is 67.7 cm³/mol. The highest BCUT2D eigenvalue weighted by atomic mass is 16.7. The third-order valence-corrected chi connectivity index (χ3v) is 2.89. The van der Waals surface area contributed by atoms with E-state index in [0.717, 1.165) is 0 Å². The van der Waals surface area contributed by atoms with E-state index in [4.69, 9.17) is 10.6 Å². The zero-order chi connectivity index (χ0) is 14.7. The first kappa shape index (κ1) is 14.0. The molecule has 2 rings (SSSR count). The Hall–Kier alpha value is -2.45. The Kier molecular flexibility index (Phi) is 3.97. The molecule has 0 bridgehead atoms. The van der Waals surface area contributed by atoms with E-state index in [1.807, 2.05) is 0 Å². The van der Waals surface area contributed by atoms with Crippen molar-refractivity contribution in [2.24, 2.45) is 5.84 Å². The van der Waals surface area contributed by atoms with Crippen LogP contribution >= 0.6 is 0 Å². The number of nitrogens with zero attached hydrogens (tertiary/aromatic N) is 1. The molecule has 1 aromatic carbocycles. The molecule has 0 saturated carbocycles. The molecule has 0 aliphatic carbocycles. The van der Waals surface area contributed by atoms with Gasteiger partial charge in [0.05, 0.1) is 24.8 Å². The average molecular weight is 279 g/mol. The van der Waals surface area contributed by atoms with Crippen molar-refractivity contribution in [3.8, 4) is 5.75 Å². The number of hydrogen-bond donors (Lipinski definition) is 2. The highest BCUT2D eigenvalue weighted by Crippen LogP contribution is 2.32. The minimum atomic E-state index is -0.679. The number of methoxy groups -OCH3 is 1. The van der Waals surface area contributed by atoms with Gasteiger partial charge < -0.3 is 14.5 Å². The van der Waals surface area contributed by atoms with Crippen LogP contribution in [0.25, 0.3) is 0 Å². The van der Waals surface area contributed by atoms with Crippen LogP contribution in [-0.4, -0.2) is 31.3 Å². The minimum absolute atomic E-state index is 0.0322. The van der Waals surface area contributed by atoms with E-state index >= 15 is 0 Å². The summed E-state index contributed by atoms with van der Waals surface area (Å²) in [4.78, 5) is 40.5. The number of amides is 1. The first-order valence-electron chi connectivity index (χ1n) is 5.78. The number of hydrazine groups is 1. The van der Waals surface area contributed by atoms with Gasteiger partial charge in [0, 0.05) is 6.54 Å². The van der Waals surface area contributed by atoms with Gasteiger partial charge in [0.25, 0.3) is 11.7 Å². The summed E-state index contributed by atoms with van der Waals surface area (Å²) in [5, 5.41) is 0. The number of ether oxygens (including phenoxy) is 1. The molecule has 0 saturated heterocycles. The zero-order valence-electron chi connectivity index (χ0n) is 10.7. The molecule has 8 heteroatoms. The van der Waals surface area contributed by atoms with Gasteiger partial charge in [0.1, 0.15) is 5.75 Å². The van der Waals surface area contributed by atoms with E-state index in [2.05, 4.69) is 4.84 Å². The number of hydrogen-bond acceptors (Lipinski definition) is 7. The van der Waals surface area contributed by atoms with Gasteiger partial charge in [-0.1, -0.05) is 5.59 Å². The Labute approximate surface area is 114 Å². The summed E-state index contributed by atoms with van der Waals surface area (Å²) in [6.45, 7) is 0.0322. The molecule has 1 aliphatic rings. The van der Waals surface area contributed by atoms with Gasteiger partial charge in [-0.3, -0.25) is 14.4 Å². The summed E-state index contributed by atoms with van der Waals surface area (Å²) in [6, 6.07) is 4.73. The summed E-state index contributed by atoms with van der Waals surface area (Å²) in [5.74, 6) is 3.38. The fourth-order valence-corrected chi connectivity index (χ4v) is 1.95. The molecule has 1 aromatic rings. The molecule has 0 radical (unpaired) electrons. The number of nitrogens with two attached hydrogens (primary N) is 1. The van der Waals surface area contributed by atoms with E-state index in [-0.39, 0.29) is 18.5 Å². The maximum Gasteiger partial charge on any atom is 0.328 e. The first-order valence-corrected chi connectivity index (χ1v) is 5.78. The monoisotopic (exact) mass is 279 g/mol. The Morgan fingerprint density at radius 2 is 2.15 bits per heavy atom. The normalized spacial score (nSPS) is 13.4. The lowest BCUT2D eigenvalue weighted by atomic mass is 10.1. The van der Waals surface area contributed by atoms with Crippen LogP contribution in [0, 0.1) is 0 Å². The van der Waals surface area contributed by atoms with E-state index in [0.29, 0.717) is 11.4 Å². The standard InChI is InChI=1S/C12H13N3O5/c1-19-7-2-3-9-8(6-7)11(17)12(18)15(9)5-4-10(16)20-14-13/h2-3,6,14H,4-5,13H2,1H3. The Bertz CT molecular complexity index is 572. The van der Waals surface area contributed by atoms with Crippen LogP contribution in [0.3, 0.4) is 0 Å². The van der Waals surface area contributed by atoms with Crippen molar-refractivity contribution < 1.29 is 24.0 Å². The summed E-state index contributed by atoms with van der Waals surface area (Å²) in [6.07, 6.45) is -0.0886. The SMILES string of the molecule is COc1ccc2c(c1)C(=O)C(=O)N2CCC(=O)ONN. The Balaban J connectivity index is 2.18. The Morgan fingerprint density at radius 1 is 1.40 bits per heavy atom. The summed E-state index contributed by atoms with van der Waals surface area (Å²) >= 11 is 0. The van der Waals surface area contributed by atoms with Gasteiger partial charge >= 0.3 is 5.97 Å². The van der Waals surface area contributed by atoms with Crippen LogP contribution in [0.1, 0.15) is 16.8 Å². The number of rotatable bonds is 5. The molecule has 20 heavy (non-hydrogen) atoms. The average Bonchev–Trinajstić information content (AvgIpc) is 2.69. The number of Topliss-reactive ketones (excluding diaryl/α,β-unsaturated/α-hetero) is 1. The summed E-state index contributed by atoms with van der Waals surface area (Å²) < 4.78 is 5.01. The maximum atomic E-state index is 11.9. The van der Waals surface area contributed by atoms with Crippen molar-refractivity contribution in [2.75, 3.05) is 18.6 Å². The van der Waals surface area contributed by atoms with Crippen LogP contribution in [0.2, 0.25) is 0 Å². The van der Waals surface area contributed by atoms with Gasteiger partial charge in [0.2, 0.25) is 0 Å². The van der Waals surface area contributed by atoms with Gasteiger partial charge in [-0.2, -0.15) is 0 Å². The molecule has 0 unspecified atom stereocenters. The minimum Gasteiger partial charge on any atom is -0.497 e. The maximum absolute atomic E-state index is 11.9. The second-order valence-corrected chi connectivity index (χ2v) is 4.01. The fraction of sp³-hybridized carbons (Fsp3) is 0.250. The quantitative estimate of drug-likeness (QED) is 0.426. The third-order valence-electron chi connectivity index (χ3n) is 2.89. The fourth-order valence-electron chi connectivity index (χ4n) is 1.95. The second kappa shape index (κ2) is 5.68. The van der Waals surface area contributed by atoms with Crippen molar-refractivity contribution in [3.63, 3.8) is 0 Å². The largest absolute Gasteiger partial charge is 0.497 e. The third kappa shape index (κ3) is 2.46. The second-order valence-electron chi connectivity index (χ2n) is 4.01. The molecule has 1 aliphatic heterocycles. The van der Waals surface area contributed by atoms with E-state index in [1.165, 1.54) is 18.1 Å². The topological polar surface area (TPSA) is 111 Å². The molecule has 1 heterocycles. The molecule has 1 amide bonds. The number of carbonyl (C=O) groups excluding carboxylic acids is 3. The predicted octanol–water partition coefficient (Wildman–Crippen LogP) is -0.464. The zero-order valence-corrected chi connectivity index (χ0v) is 10.7. The van der Waals surface area contributed by atoms with Crippen molar-refractivity contribution in [1.29, 1.82) is 0 Å². The lowest BCUT2D eigenvalue weighted by Gasteiger charge is -2.15. The smallest absolute Gasteiger partial charge is 0.328 e. The number of nitrogens with one attached hydrogen (secondary N) is 1. The van der Waals surface area contributed by atoms with Gasteiger partial charge in [-0.25, -0.2) is 5.84 Å². The van der Waals surface area contributed by atoms with Crippen LogP contribution in [-0.2, 0) is 14.4 Å². The van der Waals surface area contributed by atoms with Gasteiger partial charge in [-0.15, -0.1) is 0 Å². The number of benzene rings is 1. The number of carbonyl (C=O) groups is 3. The molecule has 0 aromatic heterocycles. The molecule has 3 N–H and O–H groups in total. The lowest BCUT2D eigenvalue weighted by molar-refractivity contribution is -0.150. The van der Waals surface area contributed by atoms with E-state index in [1.54, 1.807) is 17.7 Å². The molecule has 0 spiro atoms. The van der Waals surface area contributed by atoms with E-state index < -0.39 is 17.7 Å². The van der Waals surface area contributed by atoms with Gasteiger partial charge in [0.15, 0.2) is 0 Å². The lowest BCUT2D eigenvalue weighted by Crippen LogP contribution is -2.33. The molecule has 0 fully saturated rings. The highest BCUT2D eigenvalue weighted by Gasteiger charge is 2.36.